The smallest absolute Gasteiger partial charge is 0.337 e. The number of hydrogen-bond donors (Lipinski definition) is 4. The number of carboxylic acids is 1. The maximum Gasteiger partial charge on any atom is 0.337 e. The third-order valence-electron chi connectivity index (χ3n) is 4.88. The molecule has 2 atom stereocenters. The summed E-state index contributed by atoms with van der Waals surface area (Å²) in [5.41, 5.74) is 2.28. The second-order valence-corrected chi connectivity index (χ2v) is 8.77. The summed E-state index contributed by atoms with van der Waals surface area (Å²) in [5, 5.41) is 21.9. The lowest BCUT2D eigenvalue weighted by Gasteiger charge is -2.24. The average molecular weight is 480 g/mol. The maximum atomic E-state index is 12.7. The number of nitrogens with zero attached hydrogens (tertiary/aromatic N) is 1. The summed E-state index contributed by atoms with van der Waals surface area (Å²) in [4.78, 5) is 60.5. The van der Waals surface area contributed by atoms with E-state index in [4.69, 9.17) is 0 Å². The molecule has 0 aromatic heterocycles. The Kier molecular flexibility index (Phi) is 11.2. The molecule has 4 N–H and O–H groups in total. The summed E-state index contributed by atoms with van der Waals surface area (Å²) in [6.07, 6.45) is 0.0405. The van der Waals surface area contributed by atoms with Crippen molar-refractivity contribution in [1.29, 1.82) is 0 Å². The highest BCUT2D eigenvalue weighted by Crippen LogP contribution is 2.18. The molecule has 3 amide bonds. The van der Waals surface area contributed by atoms with Gasteiger partial charge in [-0.15, -0.1) is 5.17 Å². The second-order valence-electron chi connectivity index (χ2n) is 8.77. The van der Waals surface area contributed by atoms with Crippen LogP contribution in [-0.4, -0.2) is 58.3 Å². The maximum absolute atomic E-state index is 12.7. The molecule has 0 bridgehead atoms. The van der Waals surface area contributed by atoms with Crippen LogP contribution < -0.4 is 10.7 Å². The van der Waals surface area contributed by atoms with Crippen LogP contribution in [0.25, 0.3) is 0 Å². The SMILES string of the molecule is COC(=O)c1ccc(C(=O)NN(O)C(=O)CC(CC(C)C)C(=O)N[C@@H](CC(C)C)C(=O)O)cc1. The van der Waals surface area contributed by atoms with Crippen LogP contribution >= 0.6 is 0 Å². The minimum absolute atomic E-state index is 0.0000458. The lowest BCUT2D eigenvalue weighted by molar-refractivity contribution is -0.177. The highest BCUT2D eigenvalue weighted by atomic mass is 16.6. The average Bonchev–Trinajstić information content (AvgIpc) is 2.76. The lowest BCUT2D eigenvalue weighted by Crippen LogP contribution is -2.48. The molecule has 0 aliphatic carbocycles. The van der Waals surface area contributed by atoms with Crippen molar-refractivity contribution in [2.24, 2.45) is 17.8 Å². The van der Waals surface area contributed by atoms with E-state index >= 15 is 0 Å². The van der Waals surface area contributed by atoms with Crippen molar-refractivity contribution in [2.75, 3.05) is 7.11 Å². The summed E-state index contributed by atoms with van der Waals surface area (Å²) in [5.74, 6) is -5.02. The fraction of sp³-hybridized carbons (Fsp3) is 0.522. The summed E-state index contributed by atoms with van der Waals surface area (Å²) in [6.45, 7) is 7.33. The fourth-order valence-corrected chi connectivity index (χ4v) is 3.23. The van der Waals surface area contributed by atoms with E-state index in [1.54, 1.807) is 0 Å². The molecule has 0 aliphatic rings. The summed E-state index contributed by atoms with van der Waals surface area (Å²) >= 11 is 0. The molecule has 0 radical (unpaired) electrons. The molecule has 0 saturated heterocycles. The largest absolute Gasteiger partial charge is 0.480 e. The Morgan fingerprint density at radius 1 is 0.941 bits per heavy atom. The Balaban J connectivity index is 2.83. The van der Waals surface area contributed by atoms with Crippen LogP contribution in [0, 0.1) is 17.8 Å². The van der Waals surface area contributed by atoms with Crippen molar-refractivity contribution in [3.63, 3.8) is 0 Å². The number of carboxylic acid groups (broad SMARTS) is 1. The number of hydroxylamine groups is 1. The first kappa shape index (κ1) is 28.6. The number of aliphatic carboxylic acids is 1. The van der Waals surface area contributed by atoms with Gasteiger partial charge in [-0.2, -0.15) is 0 Å². The van der Waals surface area contributed by atoms with Crippen molar-refractivity contribution in [3.05, 3.63) is 35.4 Å². The zero-order valence-electron chi connectivity index (χ0n) is 20.0. The Morgan fingerprint density at radius 2 is 1.47 bits per heavy atom. The Bertz CT molecular complexity index is 883. The van der Waals surface area contributed by atoms with Crippen LogP contribution in [0.3, 0.4) is 0 Å². The predicted octanol–water partition coefficient (Wildman–Crippen LogP) is 2.00. The highest BCUT2D eigenvalue weighted by molar-refractivity contribution is 5.97. The summed E-state index contributed by atoms with van der Waals surface area (Å²) in [6, 6.07) is 4.23. The Morgan fingerprint density at radius 3 is 1.94 bits per heavy atom. The number of carbonyl (C=O) groups excluding carboxylic acids is 4. The molecule has 1 unspecified atom stereocenters. The van der Waals surface area contributed by atoms with Gasteiger partial charge in [0, 0.05) is 17.9 Å². The van der Waals surface area contributed by atoms with Crippen LogP contribution in [-0.2, 0) is 19.1 Å². The standard InChI is InChI=1S/C23H33N3O8/c1-13(2)10-17(20(28)24-18(22(30)31)11-14(3)4)12-19(27)26(33)25-21(29)15-6-8-16(9-7-15)23(32)34-5/h6-9,13-14,17-18,33H,10-12H2,1-5H3,(H,24,28)(H,25,29)(H,30,31)/t17?,18-/m0/s1. The minimum atomic E-state index is -1.18. The molecule has 1 aromatic carbocycles. The Labute approximate surface area is 198 Å². The number of methoxy groups -OCH3 is 1. The zero-order chi connectivity index (χ0) is 26.0. The van der Waals surface area contributed by atoms with Crippen LogP contribution in [0.15, 0.2) is 24.3 Å². The quantitative estimate of drug-likeness (QED) is 0.213. The van der Waals surface area contributed by atoms with Crippen LogP contribution in [0.5, 0.6) is 0 Å². The molecule has 34 heavy (non-hydrogen) atoms. The molecule has 0 aliphatic heterocycles. The first-order chi connectivity index (χ1) is 15.8. The van der Waals surface area contributed by atoms with Gasteiger partial charge in [-0.1, -0.05) is 27.7 Å². The minimum Gasteiger partial charge on any atom is -0.480 e. The van der Waals surface area contributed by atoms with Crippen molar-refractivity contribution >= 4 is 29.7 Å². The van der Waals surface area contributed by atoms with E-state index in [0.717, 1.165) is 0 Å². The number of esters is 1. The van der Waals surface area contributed by atoms with Gasteiger partial charge < -0.3 is 15.2 Å². The molecule has 11 nitrogen and oxygen atoms in total. The topological polar surface area (TPSA) is 162 Å². The van der Waals surface area contributed by atoms with Gasteiger partial charge in [0.25, 0.3) is 11.8 Å². The molecule has 0 spiro atoms. The first-order valence-electron chi connectivity index (χ1n) is 10.9. The van der Waals surface area contributed by atoms with Crippen LogP contribution in [0.1, 0.15) is 67.7 Å². The monoisotopic (exact) mass is 479 g/mol. The zero-order valence-corrected chi connectivity index (χ0v) is 20.0. The molecule has 188 valence electrons. The lowest BCUT2D eigenvalue weighted by atomic mass is 9.92. The van der Waals surface area contributed by atoms with E-state index < -0.39 is 48.0 Å². The molecule has 0 heterocycles. The second kappa shape index (κ2) is 13.3. The van der Waals surface area contributed by atoms with E-state index in [0.29, 0.717) is 0 Å². The number of ether oxygens (including phenoxy) is 1. The van der Waals surface area contributed by atoms with Gasteiger partial charge in [-0.25, -0.2) is 15.0 Å². The van der Waals surface area contributed by atoms with E-state index in [1.807, 2.05) is 33.1 Å². The molecule has 11 heteroatoms. The van der Waals surface area contributed by atoms with E-state index in [9.17, 15) is 34.3 Å². The van der Waals surface area contributed by atoms with Crippen LogP contribution in [0.4, 0.5) is 0 Å². The summed E-state index contributed by atoms with van der Waals surface area (Å²) in [7, 11) is 1.22. The molecule has 0 fully saturated rings. The summed E-state index contributed by atoms with van der Waals surface area (Å²) < 4.78 is 4.57. The normalized spacial score (nSPS) is 12.6. The van der Waals surface area contributed by atoms with Gasteiger partial charge in [0.15, 0.2) is 0 Å². The molecule has 0 saturated carbocycles. The van der Waals surface area contributed by atoms with Crippen molar-refractivity contribution < 1.29 is 39.0 Å². The van der Waals surface area contributed by atoms with Gasteiger partial charge >= 0.3 is 11.9 Å². The highest BCUT2D eigenvalue weighted by Gasteiger charge is 2.30. The van der Waals surface area contributed by atoms with Crippen molar-refractivity contribution in [3.8, 4) is 0 Å². The Hall–Kier alpha value is -3.47. The van der Waals surface area contributed by atoms with Crippen molar-refractivity contribution in [1.82, 2.24) is 15.9 Å². The number of hydrazine groups is 1. The van der Waals surface area contributed by atoms with Gasteiger partial charge in [0.1, 0.15) is 6.04 Å². The van der Waals surface area contributed by atoms with E-state index in [2.05, 4.69) is 10.1 Å². The van der Waals surface area contributed by atoms with Gasteiger partial charge in [-0.3, -0.25) is 19.6 Å². The molecule has 1 rings (SSSR count). The molecular formula is C23H33N3O8. The number of rotatable bonds is 11. The molecule has 1 aromatic rings. The predicted molar refractivity (Wildman–Crippen MR) is 120 cm³/mol. The van der Waals surface area contributed by atoms with Gasteiger partial charge in [0.05, 0.1) is 12.7 Å². The van der Waals surface area contributed by atoms with Gasteiger partial charge in [-0.05, 0) is 48.9 Å². The molecular weight excluding hydrogens is 446 g/mol. The number of nitrogens with one attached hydrogen (secondary N) is 2. The third-order valence-corrected chi connectivity index (χ3v) is 4.88. The van der Waals surface area contributed by atoms with Crippen LogP contribution in [0.2, 0.25) is 0 Å². The van der Waals surface area contributed by atoms with Gasteiger partial charge in [0.2, 0.25) is 5.91 Å². The number of benzene rings is 1. The van der Waals surface area contributed by atoms with Crippen molar-refractivity contribution in [2.45, 2.75) is 53.0 Å². The van der Waals surface area contributed by atoms with E-state index in [1.165, 1.54) is 31.4 Å². The third kappa shape index (κ3) is 9.18. The number of hydrogen-bond acceptors (Lipinski definition) is 7. The first-order valence-corrected chi connectivity index (χ1v) is 10.9. The fourth-order valence-electron chi connectivity index (χ4n) is 3.23. The number of amides is 3. The van der Waals surface area contributed by atoms with E-state index in [-0.39, 0.29) is 41.0 Å². The number of carbonyl (C=O) groups is 5.